The molecule has 2 rings (SSSR count). The summed E-state index contributed by atoms with van der Waals surface area (Å²) in [6, 6.07) is 2.14. The van der Waals surface area contributed by atoms with Crippen molar-refractivity contribution in [2.75, 3.05) is 13.2 Å². The van der Waals surface area contributed by atoms with Gasteiger partial charge in [-0.3, -0.25) is 0 Å². The van der Waals surface area contributed by atoms with E-state index in [0.29, 0.717) is 25.3 Å². The average molecular weight is 271 g/mol. The van der Waals surface area contributed by atoms with Crippen molar-refractivity contribution in [3.63, 3.8) is 0 Å². The minimum atomic E-state index is -0.669. The molecule has 0 aromatic heterocycles. The second kappa shape index (κ2) is 5.43. The average Bonchev–Trinajstić information content (AvgIpc) is 2.21. The van der Waals surface area contributed by atoms with Crippen LogP contribution >= 0.6 is 0 Å². The van der Waals surface area contributed by atoms with Gasteiger partial charge < -0.3 is 14.8 Å². The molecule has 19 heavy (non-hydrogen) atoms. The van der Waals surface area contributed by atoms with Crippen molar-refractivity contribution in [2.45, 2.75) is 39.0 Å². The number of halogens is 2. The Morgan fingerprint density at radius 3 is 2.53 bits per heavy atom. The van der Waals surface area contributed by atoms with Gasteiger partial charge in [0.2, 0.25) is 0 Å². The van der Waals surface area contributed by atoms with Gasteiger partial charge in [-0.05, 0) is 26.8 Å². The third kappa shape index (κ3) is 3.88. The number of nitrogens with one attached hydrogen (secondary N) is 1. The Bertz CT molecular complexity index is 453. The number of hydrogen-bond acceptors (Lipinski definition) is 3. The largest absolute Gasteiger partial charge is 0.482 e. The third-order valence-electron chi connectivity index (χ3n) is 2.79. The summed E-state index contributed by atoms with van der Waals surface area (Å²) >= 11 is 0. The molecule has 0 bridgehead atoms. The standard InChI is InChI=1S/C14H19F2NO2/c1-14(2,3)17-6-9-4-10(15)5-12(16)13(9)19-11-7-18-8-11/h4-5,11,17H,6-8H2,1-3H3. The van der Waals surface area contributed by atoms with Gasteiger partial charge in [0.15, 0.2) is 11.6 Å². The van der Waals surface area contributed by atoms with Gasteiger partial charge in [-0.2, -0.15) is 0 Å². The van der Waals surface area contributed by atoms with Gasteiger partial charge in [0.25, 0.3) is 0 Å². The summed E-state index contributed by atoms with van der Waals surface area (Å²) < 4.78 is 37.6. The molecular weight excluding hydrogens is 252 g/mol. The van der Waals surface area contributed by atoms with E-state index in [4.69, 9.17) is 9.47 Å². The van der Waals surface area contributed by atoms with Gasteiger partial charge in [0, 0.05) is 23.7 Å². The highest BCUT2D eigenvalue weighted by atomic mass is 19.1. The maximum atomic E-state index is 13.8. The summed E-state index contributed by atoms with van der Waals surface area (Å²) in [6.45, 7) is 7.21. The zero-order valence-corrected chi connectivity index (χ0v) is 11.4. The highest BCUT2D eigenvalue weighted by Crippen LogP contribution is 2.27. The van der Waals surface area contributed by atoms with E-state index in [1.54, 1.807) is 0 Å². The smallest absolute Gasteiger partial charge is 0.168 e. The molecular formula is C14H19F2NO2. The Kier molecular flexibility index (Phi) is 4.06. The van der Waals surface area contributed by atoms with Crippen molar-refractivity contribution < 1.29 is 18.3 Å². The summed E-state index contributed by atoms with van der Waals surface area (Å²) in [5.41, 5.74) is 0.346. The van der Waals surface area contributed by atoms with Crippen LogP contribution in [0.2, 0.25) is 0 Å². The van der Waals surface area contributed by atoms with Crippen LogP contribution in [0.4, 0.5) is 8.78 Å². The third-order valence-corrected chi connectivity index (χ3v) is 2.79. The Hall–Kier alpha value is -1.20. The highest BCUT2D eigenvalue weighted by molar-refractivity contribution is 5.36. The van der Waals surface area contributed by atoms with E-state index in [9.17, 15) is 8.78 Å². The van der Waals surface area contributed by atoms with Crippen LogP contribution in [0.25, 0.3) is 0 Å². The minimum Gasteiger partial charge on any atom is -0.482 e. The van der Waals surface area contributed by atoms with Crippen LogP contribution in [0.3, 0.4) is 0 Å². The maximum Gasteiger partial charge on any atom is 0.168 e. The van der Waals surface area contributed by atoms with Crippen molar-refractivity contribution in [1.29, 1.82) is 0 Å². The van der Waals surface area contributed by atoms with Gasteiger partial charge >= 0.3 is 0 Å². The lowest BCUT2D eigenvalue weighted by atomic mass is 10.1. The van der Waals surface area contributed by atoms with E-state index in [-0.39, 0.29) is 17.4 Å². The normalized spacial score (nSPS) is 16.3. The quantitative estimate of drug-likeness (QED) is 0.913. The van der Waals surface area contributed by atoms with Crippen LogP contribution in [0.15, 0.2) is 12.1 Å². The first kappa shape index (κ1) is 14.2. The Labute approximate surface area is 111 Å². The van der Waals surface area contributed by atoms with E-state index in [1.165, 1.54) is 6.07 Å². The molecule has 0 radical (unpaired) electrons. The van der Waals surface area contributed by atoms with Crippen LogP contribution in [0.5, 0.6) is 5.75 Å². The Morgan fingerprint density at radius 2 is 2.00 bits per heavy atom. The molecule has 0 aliphatic carbocycles. The lowest BCUT2D eigenvalue weighted by Crippen LogP contribution is -2.39. The zero-order chi connectivity index (χ0) is 14.0. The van der Waals surface area contributed by atoms with Crippen LogP contribution in [-0.4, -0.2) is 24.9 Å². The van der Waals surface area contributed by atoms with E-state index in [1.807, 2.05) is 20.8 Å². The number of ether oxygens (including phenoxy) is 2. The van der Waals surface area contributed by atoms with Gasteiger partial charge in [-0.1, -0.05) is 0 Å². The molecule has 1 fully saturated rings. The van der Waals surface area contributed by atoms with Crippen molar-refractivity contribution in [3.05, 3.63) is 29.3 Å². The van der Waals surface area contributed by atoms with E-state index in [0.717, 1.165) is 6.07 Å². The van der Waals surface area contributed by atoms with E-state index >= 15 is 0 Å². The van der Waals surface area contributed by atoms with Gasteiger partial charge in [0.05, 0.1) is 13.2 Å². The summed E-state index contributed by atoms with van der Waals surface area (Å²) in [5.74, 6) is -1.15. The molecule has 3 nitrogen and oxygen atoms in total. The predicted octanol–water partition coefficient (Wildman–Crippen LogP) is 2.63. The van der Waals surface area contributed by atoms with Gasteiger partial charge in [0.1, 0.15) is 11.9 Å². The van der Waals surface area contributed by atoms with Crippen molar-refractivity contribution in [3.8, 4) is 5.75 Å². The topological polar surface area (TPSA) is 30.5 Å². The molecule has 1 aliphatic heterocycles. The predicted molar refractivity (Wildman–Crippen MR) is 68.2 cm³/mol. The molecule has 1 saturated heterocycles. The van der Waals surface area contributed by atoms with Gasteiger partial charge in [-0.25, -0.2) is 8.78 Å². The van der Waals surface area contributed by atoms with Crippen LogP contribution < -0.4 is 10.1 Å². The minimum absolute atomic E-state index is 0.117. The molecule has 1 aliphatic rings. The zero-order valence-electron chi connectivity index (χ0n) is 11.4. The first-order valence-corrected chi connectivity index (χ1v) is 6.32. The van der Waals surface area contributed by atoms with Crippen LogP contribution in [0.1, 0.15) is 26.3 Å². The van der Waals surface area contributed by atoms with E-state index < -0.39 is 11.6 Å². The fourth-order valence-electron chi connectivity index (χ4n) is 1.69. The maximum absolute atomic E-state index is 13.8. The Balaban J connectivity index is 2.18. The fraction of sp³-hybridized carbons (Fsp3) is 0.571. The first-order chi connectivity index (χ1) is 8.85. The molecule has 1 heterocycles. The van der Waals surface area contributed by atoms with Crippen LogP contribution in [0, 0.1) is 11.6 Å². The molecule has 5 heteroatoms. The van der Waals surface area contributed by atoms with Gasteiger partial charge in [-0.15, -0.1) is 0 Å². The molecule has 0 unspecified atom stereocenters. The number of hydrogen-bond donors (Lipinski definition) is 1. The molecule has 0 amide bonds. The molecule has 1 N–H and O–H groups in total. The number of benzene rings is 1. The number of rotatable bonds is 4. The molecule has 0 atom stereocenters. The van der Waals surface area contributed by atoms with Crippen molar-refractivity contribution in [1.82, 2.24) is 5.32 Å². The second-order valence-corrected chi connectivity index (χ2v) is 5.76. The SMILES string of the molecule is CC(C)(C)NCc1cc(F)cc(F)c1OC1COC1. The molecule has 0 saturated carbocycles. The highest BCUT2D eigenvalue weighted by Gasteiger charge is 2.24. The lowest BCUT2D eigenvalue weighted by molar-refractivity contribution is -0.0812. The fourth-order valence-corrected chi connectivity index (χ4v) is 1.69. The van der Waals surface area contributed by atoms with Crippen LogP contribution in [-0.2, 0) is 11.3 Å². The van der Waals surface area contributed by atoms with Crippen molar-refractivity contribution >= 4 is 0 Å². The van der Waals surface area contributed by atoms with Crippen molar-refractivity contribution in [2.24, 2.45) is 0 Å². The Morgan fingerprint density at radius 1 is 1.32 bits per heavy atom. The lowest BCUT2D eigenvalue weighted by Gasteiger charge is -2.28. The molecule has 106 valence electrons. The summed E-state index contributed by atoms with van der Waals surface area (Å²) in [6.07, 6.45) is -0.145. The summed E-state index contributed by atoms with van der Waals surface area (Å²) in [4.78, 5) is 0. The second-order valence-electron chi connectivity index (χ2n) is 5.76. The molecule has 1 aromatic carbocycles. The first-order valence-electron chi connectivity index (χ1n) is 6.32. The summed E-state index contributed by atoms with van der Waals surface area (Å²) in [7, 11) is 0. The molecule has 0 spiro atoms. The molecule has 1 aromatic rings. The summed E-state index contributed by atoms with van der Waals surface area (Å²) in [5, 5.41) is 3.20. The monoisotopic (exact) mass is 271 g/mol. The van der Waals surface area contributed by atoms with E-state index in [2.05, 4.69) is 5.32 Å².